The molecule has 10 aromatic rings. The van der Waals surface area contributed by atoms with Crippen LogP contribution in [0.5, 0.6) is 0 Å². The first kappa shape index (κ1) is 32.3. The second-order valence-electron chi connectivity index (χ2n) is 13.7. The molecule has 0 atom stereocenters. The average Bonchev–Trinajstić information content (AvgIpc) is 3.78. The van der Waals surface area contributed by atoms with Gasteiger partial charge < -0.3 is 8.98 Å². The van der Waals surface area contributed by atoms with Crippen LogP contribution >= 0.6 is 0 Å². The molecule has 0 aliphatic rings. The fraction of sp³-hybridized carbons (Fsp3) is 0.0200. The van der Waals surface area contributed by atoms with Crippen LogP contribution in [0.1, 0.15) is 11.3 Å². The molecule has 0 fully saturated rings. The van der Waals surface area contributed by atoms with Crippen molar-refractivity contribution in [3.63, 3.8) is 0 Å². The van der Waals surface area contributed by atoms with Gasteiger partial charge in [-0.1, -0.05) is 158 Å². The normalized spacial score (nSPS) is 11.7. The van der Waals surface area contributed by atoms with E-state index < -0.39 is 0 Å². The van der Waals surface area contributed by atoms with Crippen molar-refractivity contribution < 1.29 is 4.42 Å². The Morgan fingerprint density at radius 1 is 0.564 bits per heavy atom. The molecule has 260 valence electrons. The Hall–Kier alpha value is -7.37. The number of benzene rings is 7. The summed E-state index contributed by atoms with van der Waals surface area (Å²) in [5.74, 6) is 1.80. The van der Waals surface area contributed by atoms with Crippen LogP contribution in [0.3, 0.4) is 0 Å². The molecular formula is C50H34N4O. The van der Waals surface area contributed by atoms with E-state index in [2.05, 4.69) is 133 Å². The maximum Gasteiger partial charge on any atom is 0.164 e. The van der Waals surface area contributed by atoms with Gasteiger partial charge in [-0.2, -0.15) is 0 Å². The number of furan rings is 1. The molecule has 0 unspecified atom stereocenters. The highest BCUT2D eigenvalue weighted by atomic mass is 16.3. The van der Waals surface area contributed by atoms with Gasteiger partial charge in [-0.15, -0.1) is 0 Å². The Labute approximate surface area is 318 Å². The summed E-state index contributed by atoms with van der Waals surface area (Å²) in [6, 6.07) is 54.4. The number of rotatable bonds is 7. The number of hydrogen-bond donors (Lipinski definition) is 0. The van der Waals surface area contributed by atoms with Gasteiger partial charge in [0.25, 0.3) is 0 Å². The Morgan fingerprint density at radius 2 is 1.25 bits per heavy atom. The van der Waals surface area contributed by atoms with E-state index >= 15 is 0 Å². The van der Waals surface area contributed by atoms with Crippen molar-refractivity contribution in [2.45, 2.75) is 6.92 Å². The number of nitrogens with zero attached hydrogens (tertiary/aromatic N) is 4. The molecule has 0 saturated heterocycles. The summed E-state index contributed by atoms with van der Waals surface area (Å²) in [7, 11) is 0. The minimum absolute atomic E-state index is 0.578. The van der Waals surface area contributed by atoms with Crippen LogP contribution in [0.2, 0.25) is 0 Å². The van der Waals surface area contributed by atoms with E-state index in [-0.39, 0.29) is 0 Å². The number of allylic oxidation sites excluding steroid dienone is 2. The standard InChI is InChI=1S/C50H34N4O/c1-3-4-22-38-32(2)54(42-25-14-13-23-40(38)42)43-30-29-39(34-17-7-5-8-18-34)46-45-41(24-15-26-44(45)55-47(43)46)50-52-48(35-19-9-6-10-20-35)51-49(53-50)37-28-27-33-16-11-12-21-36(33)31-37/h3-31H,1H2,2H3/b22-4-. The zero-order chi connectivity index (χ0) is 36.9. The Balaban J connectivity index is 1.28. The van der Waals surface area contributed by atoms with Crippen LogP contribution in [0.15, 0.2) is 181 Å². The molecule has 3 aromatic heterocycles. The first-order valence-corrected chi connectivity index (χ1v) is 18.4. The minimum atomic E-state index is 0.578. The van der Waals surface area contributed by atoms with Crippen molar-refractivity contribution in [2.24, 2.45) is 0 Å². The fourth-order valence-corrected chi connectivity index (χ4v) is 7.88. The third-order valence-corrected chi connectivity index (χ3v) is 10.4. The number of aromatic nitrogens is 4. The summed E-state index contributed by atoms with van der Waals surface area (Å²) in [6.07, 6.45) is 5.94. The second kappa shape index (κ2) is 13.2. The van der Waals surface area contributed by atoms with E-state index in [1.165, 1.54) is 0 Å². The molecule has 0 aliphatic carbocycles. The molecule has 0 spiro atoms. The highest BCUT2D eigenvalue weighted by Crippen LogP contribution is 2.45. The zero-order valence-electron chi connectivity index (χ0n) is 30.1. The molecule has 0 amide bonds. The van der Waals surface area contributed by atoms with Crippen LogP contribution in [0, 0.1) is 6.92 Å². The maximum absolute atomic E-state index is 7.01. The third-order valence-electron chi connectivity index (χ3n) is 10.4. The van der Waals surface area contributed by atoms with Crippen molar-refractivity contribution >= 4 is 49.7 Å². The van der Waals surface area contributed by atoms with E-state index in [1.807, 2.05) is 60.7 Å². The lowest BCUT2D eigenvalue weighted by Gasteiger charge is -2.13. The first-order chi connectivity index (χ1) is 27.2. The van der Waals surface area contributed by atoms with Crippen LogP contribution in [0.25, 0.3) is 101 Å². The lowest BCUT2D eigenvalue weighted by atomic mass is 9.96. The number of fused-ring (bicyclic) bond motifs is 5. The Morgan fingerprint density at radius 3 is 2.05 bits per heavy atom. The molecule has 0 N–H and O–H groups in total. The minimum Gasteiger partial charge on any atom is -0.454 e. The van der Waals surface area contributed by atoms with Gasteiger partial charge in [0.2, 0.25) is 0 Å². The highest BCUT2D eigenvalue weighted by Gasteiger charge is 2.24. The lowest BCUT2D eigenvalue weighted by molar-refractivity contribution is 0.665. The molecule has 0 radical (unpaired) electrons. The first-order valence-electron chi connectivity index (χ1n) is 18.4. The number of hydrogen-bond acceptors (Lipinski definition) is 4. The van der Waals surface area contributed by atoms with Gasteiger partial charge in [0.05, 0.1) is 11.2 Å². The summed E-state index contributed by atoms with van der Waals surface area (Å²) in [5, 5.41) is 5.41. The molecule has 10 rings (SSSR count). The largest absolute Gasteiger partial charge is 0.454 e. The summed E-state index contributed by atoms with van der Waals surface area (Å²) in [4.78, 5) is 15.5. The van der Waals surface area contributed by atoms with Gasteiger partial charge >= 0.3 is 0 Å². The highest BCUT2D eigenvalue weighted by molar-refractivity contribution is 6.19. The maximum atomic E-state index is 7.01. The van der Waals surface area contributed by atoms with Gasteiger partial charge in [-0.3, -0.25) is 0 Å². The Bertz CT molecular complexity index is 3120. The summed E-state index contributed by atoms with van der Waals surface area (Å²) in [5.41, 5.74) is 10.7. The van der Waals surface area contributed by atoms with Gasteiger partial charge in [0.15, 0.2) is 23.1 Å². The van der Waals surface area contributed by atoms with Gasteiger partial charge in [-0.05, 0) is 53.1 Å². The molecule has 7 aromatic carbocycles. The summed E-state index contributed by atoms with van der Waals surface area (Å²) < 4.78 is 9.32. The van der Waals surface area contributed by atoms with Crippen LogP contribution < -0.4 is 0 Å². The van der Waals surface area contributed by atoms with E-state index in [9.17, 15) is 0 Å². The Kier molecular flexibility index (Phi) is 7.77. The molecule has 5 heteroatoms. The average molecular weight is 707 g/mol. The van der Waals surface area contributed by atoms with Gasteiger partial charge in [0.1, 0.15) is 5.58 Å². The van der Waals surface area contributed by atoms with Crippen LogP contribution in [-0.4, -0.2) is 19.5 Å². The predicted molar refractivity (Wildman–Crippen MR) is 227 cm³/mol. The molecular weight excluding hydrogens is 673 g/mol. The van der Waals surface area contributed by atoms with Crippen molar-refractivity contribution in [1.29, 1.82) is 0 Å². The zero-order valence-corrected chi connectivity index (χ0v) is 30.1. The second-order valence-corrected chi connectivity index (χ2v) is 13.7. The molecule has 0 bridgehead atoms. The molecule has 5 nitrogen and oxygen atoms in total. The predicted octanol–water partition coefficient (Wildman–Crippen LogP) is 13.0. The molecule has 55 heavy (non-hydrogen) atoms. The lowest BCUT2D eigenvalue weighted by Crippen LogP contribution is -2.00. The van der Waals surface area contributed by atoms with Crippen molar-refractivity contribution in [3.05, 3.63) is 188 Å². The van der Waals surface area contributed by atoms with Crippen molar-refractivity contribution in [3.8, 4) is 51.0 Å². The van der Waals surface area contributed by atoms with E-state index in [0.717, 1.165) is 88.4 Å². The van der Waals surface area contributed by atoms with Crippen LogP contribution in [0.4, 0.5) is 0 Å². The van der Waals surface area contributed by atoms with Crippen LogP contribution in [-0.2, 0) is 0 Å². The molecule has 0 saturated carbocycles. The summed E-state index contributed by atoms with van der Waals surface area (Å²) in [6.45, 7) is 6.09. The van der Waals surface area contributed by atoms with Gasteiger partial charge in [0, 0.05) is 44.1 Å². The molecule has 3 heterocycles. The SMILES string of the molecule is C=C/C=C\c1c(C)n(-c2ccc(-c3ccccc3)c3c2oc2cccc(-c4nc(-c5ccccc5)nc(-c5ccc6ccccc6c5)n4)c23)c2ccccc12. The van der Waals surface area contributed by atoms with E-state index in [4.69, 9.17) is 19.4 Å². The fourth-order valence-electron chi connectivity index (χ4n) is 7.88. The monoisotopic (exact) mass is 706 g/mol. The number of para-hydroxylation sites is 1. The smallest absolute Gasteiger partial charge is 0.164 e. The quantitative estimate of drug-likeness (QED) is 0.155. The van der Waals surface area contributed by atoms with Gasteiger partial charge in [-0.25, -0.2) is 15.0 Å². The topological polar surface area (TPSA) is 56.7 Å². The third kappa shape index (κ3) is 5.44. The molecule has 0 aliphatic heterocycles. The summed E-state index contributed by atoms with van der Waals surface area (Å²) >= 11 is 0. The van der Waals surface area contributed by atoms with E-state index in [0.29, 0.717) is 17.5 Å². The van der Waals surface area contributed by atoms with Crippen molar-refractivity contribution in [2.75, 3.05) is 0 Å². The van der Waals surface area contributed by atoms with E-state index in [1.54, 1.807) is 0 Å². The van der Waals surface area contributed by atoms with Crippen molar-refractivity contribution in [1.82, 2.24) is 19.5 Å².